The summed E-state index contributed by atoms with van der Waals surface area (Å²) in [6, 6.07) is 19.4. The van der Waals surface area contributed by atoms with Crippen LogP contribution in [0.4, 0.5) is 4.39 Å². The molecule has 0 saturated carbocycles. The molecule has 0 spiro atoms. The van der Waals surface area contributed by atoms with E-state index in [0.717, 1.165) is 5.56 Å². The second-order valence-corrected chi connectivity index (χ2v) is 5.66. The molecule has 24 heavy (non-hydrogen) atoms. The van der Waals surface area contributed by atoms with Gasteiger partial charge in [0, 0.05) is 16.1 Å². The normalized spacial score (nSPS) is 10.2. The van der Waals surface area contributed by atoms with Crippen LogP contribution in [0.1, 0.15) is 11.1 Å². The van der Waals surface area contributed by atoms with Crippen molar-refractivity contribution in [3.8, 4) is 29.2 Å². The number of terminal acetylenes is 1. The molecule has 1 nitrogen and oxygen atoms in total. The van der Waals surface area contributed by atoms with E-state index in [2.05, 4.69) is 5.92 Å². The molecular weight excluding hydrogens is 323 g/mol. The van der Waals surface area contributed by atoms with Gasteiger partial charge in [0.05, 0.1) is 0 Å². The lowest BCUT2D eigenvalue weighted by atomic mass is 9.99. The van der Waals surface area contributed by atoms with Gasteiger partial charge in [-0.1, -0.05) is 47.9 Å². The van der Waals surface area contributed by atoms with Gasteiger partial charge in [0.2, 0.25) is 0 Å². The fraction of sp³-hybridized carbons (Fsp3) is 0.0476. The Morgan fingerprint density at radius 1 is 0.958 bits per heavy atom. The van der Waals surface area contributed by atoms with Gasteiger partial charge in [-0.3, -0.25) is 0 Å². The highest BCUT2D eigenvalue weighted by Crippen LogP contribution is 2.33. The lowest BCUT2D eigenvalue weighted by Gasteiger charge is -2.11. The molecule has 0 aliphatic carbocycles. The van der Waals surface area contributed by atoms with Crippen molar-refractivity contribution in [1.82, 2.24) is 0 Å². The molecule has 0 amide bonds. The average molecular weight is 337 g/mol. The molecule has 0 aliphatic heterocycles. The molecule has 0 aliphatic rings. The highest BCUT2D eigenvalue weighted by molar-refractivity contribution is 6.33. The summed E-state index contributed by atoms with van der Waals surface area (Å²) in [5.41, 5.74) is 2.94. The van der Waals surface area contributed by atoms with Gasteiger partial charge in [0.25, 0.3) is 0 Å². The number of halogens is 2. The molecule has 3 aromatic carbocycles. The summed E-state index contributed by atoms with van der Waals surface area (Å²) in [6.07, 6.45) is 5.61. The van der Waals surface area contributed by atoms with E-state index in [-0.39, 0.29) is 5.82 Å². The van der Waals surface area contributed by atoms with Crippen LogP contribution in [0.3, 0.4) is 0 Å². The summed E-state index contributed by atoms with van der Waals surface area (Å²) < 4.78 is 19.3. The quantitative estimate of drug-likeness (QED) is 0.555. The zero-order chi connectivity index (χ0) is 16.9. The molecule has 0 radical (unpaired) electrons. The summed E-state index contributed by atoms with van der Waals surface area (Å²) >= 11 is 6.17. The van der Waals surface area contributed by atoms with Crippen LogP contribution in [0.5, 0.6) is 5.75 Å². The Labute approximate surface area is 145 Å². The standard InChI is InChI=1S/C21H14ClFO/c1-2-16-12-18(24-14-15-6-4-3-5-7-15)9-10-19(16)20-13-17(23)8-11-21(20)22/h1,3-13H,14H2. The Morgan fingerprint density at radius 3 is 2.50 bits per heavy atom. The summed E-state index contributed by atoms with van der Waals surface area (Å²) in [4.78, 5) is 0. The first kappa shape index (κ1) is 16.1. The highest BCUT2D eigenvalue weighted by Gasteiger charge is 2.10. The Bertz CT molecular complexity index is 897. The van der Waals surface area contributed by atoms with Gasteiger partial charge in [-0.25, -0.2) is 4.39 Å². The molecule has 0 atom stereocenters. The average Bonchev–Trinajstić information content (AvgIpc) is 2.62. The van der Waals surface area contributed by atoms with Crippen molar-refractivity contribution in [3.05, 3.63) is 88.7 Å². The summed E-state index contributed by atoms with van der Waals surface area (Å²) in [5.74, 6) is 2.91. The number of benzene rings is 3. The maximum Gasteiger partial charge on any atom is 0.123 e. The van der Waals surface area contributed by atoms with Crippen molar-refractivity contribution in [3.63, 3.8) is 0 Å². The number of ether oxygens (including phenoxy) is 1. The molecule has 3 aromatic rings. The Balaban J connectivity index is 1.88. The number of hydrogen-bond donors (Lipinski definition) is 0. The SMILES string of the molecule is C#Cc1cc(OCc2ccccc2)ccc1-c1cc(F)ccc1Cl. The largest absolute Gasteiger partial charge is 0.489 e. The van der Waals surface area contributed by atoms with E-state index in [9.17, 15) is 4.39 Å². The molecule has 0 saturated heterocycles. The Morgan fingerprint density at radius 2 is 1.75 bits per heavy atom. The molecule has 3 rings (SSSR count). The van der Waals surface area contributed by atoms with E-state index in [0.29, 0.717) is 34.1 Å². The first-order valence-corrected chi connectivity index (χ1v) is 7.78. The second-order valence-electron chi connectivity index (χ2n) is 5.25. The summed E-state index contributed by atoms with van der Waals surface area (Å²) in [6.45, 7) is 0.449. The monoisotopic (exact) mass is 336 g/mol. The molecule has 0 unspecified atom stereocenters. The smallest absolute Gasteiger partial charge is 0.123 e. The van der Waals surface area contributed by atoms with Crippen molar-refractivity contribution >= 4 is 11.6 Å². The molecule has 0 bridgehead atoms. The molecule has 118 valence electrons. The third-order valence-electron chi connectivity index (χ3n) is 3.61. The van der Waals surface area contributed by atoms with E-state index < -0.39 is 0 Å². The third kappa shape index (κ3) is 3.59. The van der Waals surface area contributed by atoms with Crippen LogP contribution in [0.15, 0.2) is 66.7 Å². The van der Waals surface area contributed by atoms with Gasteiger partial charge >= 0.3 is 0 Å². The first-order valence-electron chi connectivity index (χ1n) is 7.40. The van der Waals surface area contributed by atoms with E-state index in [1.54, 1.807) is 18.2 Å². The predicted molar refractivity (Wildman–Crippen MR) is 95.6 cm³/mol. The minimum atomic E-state index is -0.359. The maximum atomic E-state index is 13.5. The van der Waals surface area contributed by atoms with Crippen molar-refractivity contribution in [1.29, 1.82) is 0 Å². The van der Waals surface area contributed by atoms with Crippen LogP contribution < -0.4 is 4.74 Å². The molecule has 3 heteroatoms. The van der Waals surface area contributed by atoms with E-state index in [1.807, 2.05) is 30.3 Å². The highest BCUT2D eigenvalue weighted by atomic mass is 35.5. The van der Waals surface area contributed by atoms with Gasteiger partial charge < -0.3 is 4.74 Å². The maximum absolute atomic E-state index is 13.5. The Hall–Kier alpha value is -2.76. The predicted octanol–water partition coefficient (Wildman–Crippen LogP) is 5.71. The molecule has 0 N–H and O–H groups in total. The minimum Gasteiger partial charge on any atom is -0.489 e. The second kappa shape index (κ2) is 7.21. The van der Waals surface area contributed by atoms with E-state index >= 15 is 0 Å². The van der Waals surface area contributed by atoms with Crippen molar-refractivity contribution < 1.29 is 9.13 Å². The third-order valence-corrected chi connectivity index (χ3v) is 3.94. The fourth-order valence-corrected chi connectivity index (χ4v) is 2.63. The van der Waals surface area contributed by atoms with Gasteiger partial charge in [-0.2, -0.15) is 0 Å². The topological polar surface area (TPSA) is 9.23 Å². The minimum absolute atomic E-state index is 0.359. The lowest BCUT2D eigenvalue weighted by molar-refractivity contribution is 0.306. The van der Waals surface area contributed by atoms with Gasteiger partial charge in [-0.15, -0.1) is 6.42 Å². The van der Waals surface area contributed by atoms with Crippen LogP contribution >= 0.6 is 11.6 Å². The lowest BCUT2D eigenvalue weighted by Crippen LogP contribution is -1.96. The van der Waals surface area contributed by atoms with E-state index in [1.165, 1.54) is 18.2 Å². The van der Waals surface area contributed by atoms with Gasteiger partial charge in [0.15, 0.2) is 0 Å². The first-order chi connectivity index (χ1) is 11.7. The van der Waals surface area contributed by atoms with Crippen LogP contribution in [0, 0.1) is 18.2 Å². The molecule has 0 fully saturated rings. The fourth-order valence-electron chi connectivity index (χ4n) is 2.41. The van der Waals surface area contributed by atoms with Crippen LogP contribution in [-0.2, 0) is 6.61 Å². The molecule has 0 heterocycles. The molecular formula is C21H14ClFO. The summed E-state index contributed by atoms with van der Waals surface area (Å²) in [7, 11) is 0. The van der Waals surface area contributed by atoms with Gasteiger partial charge in [-0.05, 0) is 47.5 Å². The van der Waals surface area contributed by atoms with Crippen molar-refractivity contribution in [2.45, 2.75) is 6.61 Å². The Kier molecular flexibility index (Phi) is 4.84. The summed E-state index contributed by atoms with van der Waals surface area (Å²) in [5, 5.41) is 0.450. The number of hydrogen-bond acceptors (Lipinski definition) is 1. The van der Waals surface area contributed by atoms with Crippen molar-refractivity contribution in [2.75, 3.05) is 0 Å². The van der Waals surface area contributed by atoms with Crippen molar-refractivity contribution in [2.24, 2.45) is 0 Å². The van der Waals surface area contributed by atoms with Crippen LogP contribution in [0.2, 0.25) is 5.02 Å². The van der Waals surface area contributed by atoms with Gasteiger partial charge in [0.1, 0.15) is 18.2 Å². The van der Waals surface area contributed by atoms with Crippen LogP contribution in [0.25, 0.3) is 11.1 Å². The molecule has 0 aromatic heterocycles. The number of rotatable bonds is 4. The van der Waals surface area contributed by atoms with E-state index in [4.69, 9.17) is 22.8 Å². The zero-order valence-corrected chi connectivity index (χ0v) is 13.6. The zero-order valence-electron chi connectivity index (χ0n) is 12.8. The van der Waals surface area contributed by atoms with Crippen LogP contribution in [-0.4, -0.2) is 0 Å².